The largest absolute Gasteiger partial charge is 0.492 e. The molecule has 0 aromatic heterocycles. The highest BCUT2D eigenvalue weighted by Crippen LogP contribution is 2.26. The zero-order chi connectivity index (χ0) is 10.6. The van der Waals surface area contributed by atoms with E-state index in [1.54, 1.807) is 0 Å². The SMILES string of the molecule is CCC(C)COc1ccc(C)cc1Br. The molecule has 0 aliphatic heterocycles. The molecular formula is C12H17BrO. The second-order valence-electron chi connectivity index (χ2n) is 3.76. The van der Waals surface area contributed by atoms with Gasteiger partial charge in [-0.2, -0.15) is 0 Å². The van der Waals surface area contributed by atoms with Crippen LogP contribution in [0.25, 0.3) is 0 Å². The number of ether oxygens (including phenoxy) is 1. The van der Waals surface area contributed by atoms with E-state index in [-0.39, 0.29) is 0 Å². The van der Waals surface area contributed by atoms with Gasteiger partial charge in [0, 0.05) is 0 Å². The lowest BCUT2D eigenvalue weighted by atomic mass is 10.1. The molecule has 0 aliphatic rings. The molecule has 78 valence electrons. The lowest BCUT2D eigenvalue weighted by molar-refractivity contribution is 0.255. The maximum atomic E-state index is 5.70. The molecule has 1 atom stereocenters. The molecule has 0 saturated heterocycles. The van der Waals surface area contributed by atoms with E-state index in [4.69, 9.17) is 4.74 Å². The van der Waals surface area contributed by atoms with Crippen LogP contribution in [0.1, 0.15) is 25.8 Å². The van der Waals surface area contributed by atoms with Crippen LogP contribution in [0, 0.1) is 12.8 Å². The van der Waals surface area contributed by atoms with Gasteiger partial charge in [0.1, 0.15) is 5.75 Å². The predicted molar refractivity (Wildman–Crippen MR) is 63.8 cm³/mol. The molecule has 14 heavy (non-hydrogen) atoms. The molecule has 0 bridgehead atoms. The lowest BCUT2D eigenvalue weighted by Crippen LogP contribution is -2.07. The second-order valence-corrected chi connectivity index (χ2v) is 4.61. The maximum Gasteiger partial charge on any atom is 0.133 e. The number of hydrogen-bond acceptors (Lipinski definition) is 1. The number of rotatable bonds is 4. The third-order valence-corrected chi connectivity index (χ3v) is 2.93. The summed E-state index contributed by atoms with van der Waals surface area (Å²) in [6.45, 7) is 7.24. The summed E-state index contributed by atoms with van der Waals surface area (Å²) in [7, 11) is 0. The molecule has 0 radical (unpaired) electrons. The minimum Gasteiger partial charge on any atom is -0.492 e. The molecule has 0 saturated carbocycles. The van der Waals surface area contributed by atoms with E-state index in [2.05, 4.69) is 48.8 Å². The molecule has 0 spiro atoms. The number of benzene rings is 1. The summed E-state index contributed by atoms with van der Waals surface area (Å²) in [5.74, 6) is 1.55. The van der Waals surface area contributed by atoms with Gasteiger partial charge in [-0.25, -0.2) is 0 Å². The van der Waals surface area contributed by atoms with E-state index < -0.39 is 0 Å². The van der Waals surface area contributed by atoms with Crippen LogP contribution in [-0.4, -0.2) is 6.61 Å². The molecule has 0 fully saturated rings. The summed E-state index contributed by atoms with van der Waals surface area (Å²) in [6, 6.07) is 6.16. The molecule has 0 amide bonds. The Morgan fingerprint density at radius 2 is 2.14 bits per heavy atom. The van der Waals surface area contributed by atoms with Crippen molar-refractivity contribution in [3.05, 3.63) is 28.2 Å². The smallest absolute Gasteiger partial charge is 0.133 e. The van der Waals surface area contributed by atoms with Crippen LogP contribution in [-0.2, 0) is 0 Å². The molecule has 0 N–H and O–H groups in total. The molecule has 1 aromatic carbocycles. The van der Waals surface area contributed by atoms with Gasteiger partial charge in [-0.05, 0) is 46.5 Å². The Hall–Kier alpha value is -0.500. The highest BCUT2D eigenvalue weighted by atomic mass is 79.9. The van der Waals surface area contributed by atoms with Crippen LogP contribution >= 0.6 is 15.9 Å². The molecule has 1 aromatic rings. The van der Waals surface area contributed by atoms with Crippen LogP contribution in [0.15, 0.2) is 22.7 Å². The van der Waals surface area contributed by atoms with Gasteiger partial charge in [-0.15, -0.1) is 0 Å². The topological polar surface area (TPSA) is 9.23 Å². The third-order valence-electron chi connectivity index (χ3n) is 2.31. The van der Waals surface area contributed by atoms with Crippen LogP contribution in [0.2, 0.25) is 0 Å². The Morgan fingerprint density at radius 1 is 1.43 bits per heavy atom. The van der Waals surface area contributed by atoms with E-state index in [0.29, 0.717) is 5.92 Å². The van der Waals surface area contributed by atoms with Crippen molar-refractivity contribution in [2.75, 3.05) is 6.61 Å². The third kappa shape index (κ3) is 3.33. The Morgan fingerprint density at radius 3 is 2.71 bits per heavy atom. The molecule has 0 heterocycles. The molecule has 0 aliphatic carbocycles. The fourth-order valence-electron chi connectivity index (χ4n) is 1.07. The highest BCUT2D eigenvalue weighted by Gasteiger charge is 2.03. The summed E-state index contributed by atoms with van der Waals surface area (Å²) in [5.41, 5.74) is 1.24. The first-order valence-electron chi connectivity index (χ1n) is 5.02. The molecule has 2 heteroatoms. The number of hydrogen-bond donors (Lipinski definition) is 0. The van der Waals surface area contributed by atoms with Crippen molar-refractivity contribution in [1.82, 2.24) is 0 Å². The van der Waals surface area contributed by atoms with Gasteiger partial charge in [0.2, 0.25) is 0 Å². The Balaban J connectivity index is 2.59. The Labute approximate surface area is 94.6 Å². The predicted octanol–water partition coefficient (Wildman–Crippen LogP) is 4.18. The standard InChI is InChI=1S/C12H17BrO/c1-4-9(2)8-14-12-6-5-10(3)7-11(12)13/h5-7,9H,4,8H2,1-3H3. The summed E-state index contributed by atoms with van der Waals surface area (Å²) in [6.07, 6.45) is 1.16. The first kappa shape index (κ1) is 11.6. The summed E-state index contributed by atoms with van der Waals surface area (Å²) < 4.78 is 6.74. The normalized spacial score (nSPS) is 12.6. The average molecular weight is 257 g/mol. The molecule has 1 rings (SSSR count). The van der Waals surface area contributed by atoms with Crippen molar-refractivity contribution in [2.24, 2.45) is 5.92 Å². The summed E-state index contributed by atoms with van der Waals surface area (Å²) >= 11 is 3.49. The van der Waals surface area contributed by atoms with Crippen molar-refractivity contribution < 1.29 is 4.74 Å². The minimum absolute atomic E-state index is 0.614. The zero-order valence-electron chi connectivity index (χ0n) is 9.01. The van der Waals surface area contributed by atoms with Crippen LogP contribution in [0.5, 0.6) is 5.75 Å². The summed E-state index contributed by atoms with van der Waals surface area (Å²) in [4.78, 5) is 0. The first-order valence-corrected chi connectivity index (χ1v) is 5.81. The fraction of sp³-hybridized carbons (Fsp3) is 0.500. The van der Waals surface area contributed by atoms with Gasteiger partial charge in [0.15, 0.2) is 0 Å². The van der Waals surface area contributed by atoms with Gasteiger partial charge in [0.25, 0.3) is 0 Å². The van der Waals surface area contributed by atoms with Gasteiger partial charge in [-0.1, -0.05) is 26.3 Å². The minimum atomic E-state index is 0.614. The lowest BCUT2D eigenvalue weighted by Gasteiger charge is -2.12. The van der Waals surface area contributed by atoms with Crippen LogP contribution in [0.3, 0.4) is 0 Å². The van der Waals surface area contributed by atoms with Crippen LogP contribution in [0.4, 0.5) is 0 Å². The fourth-order valence-corrected chi connectivity index (χ4v) is 1.68. The summed E-state index contributed by atoms with van der Waals surface area (Å²) in [5, 5.41) is 0. The zero-order valence-corrected chi connectivity index (χ0v) is 10.6. The average Bonchev–Trinajstić information content (AvgIpc) is 2.16. The van der Waals surface area contributed by atoms with Gasteiger partial charge >= 0.3 is 0 Å². The van der Waals surface area contributed by atoms with E-state index in [0.717, 1.165) is 23.2 Å². The van der Waals surface area contributed by atoms with Gasteiger partial charge < -0.3 is 4.74 Å². The van der Waals surface area contributed by atoms with Crippen molar-refractivity contribution in [3.8, 4) is 5.75 Å². The van der Waals surface area contributed by atoms with Crippen molar-refractivity contribution in [1.29, 1.82) is 0 Å². The van der Waals surface area contributed by atoms with Crippen LogP contribution < -0.4 is 4.74 Å². The van der Waals surface area contributed by atoms with E-state index >= 15 is 0 Å². The first-order chi connectivity index (χ1) is 6.63. The Bertz CT molecular complexity index is 296. The molecule has 1 unspecified atom stereocenters. The monoisotopic (exact) mass is 256 g/mol. The Kier molecular flexibility index (Phi) is 4.46. The quantitative estimate of drug-likeness (QED) is 0.786. The van der Waals surface area contributed by atoms with E-state index in [9.17, 15) is 0 Å². The maximum absolute atomic E-state index is 5.70. The van der Waals surface area contributed by atoms with Gasteiger partial charge in [0.05, 0.1) is 11.1 Å². The van der Waals surface area contributed by atoms with Crippen molar-refractivity contribution in [2.45, 2.75) is 27.2 Å². The number of halogens is 1. The van der Waals surface area contributed by atoms with E-state index in [1.165, 1.54) is 5.56 Å². The van der Waals surface area contributed by atoms with E-state index in [1.807, 2.05) is 6.07 Å². The van der Waals surface area contributed by atoms with Gasteiger partial charge in [-0.3, -0.25) is 0 Å². The second kappa shape index (κ2) is 5.40. The molecular weight excluding hydrogens is 240 g/mol. The van der Waals surface area contributed by atoms with Crippen molar-refractivity contribution >= 4 is 15.9 Å². The highest BCUT2D eigenvalue weighted by molar-refractivity contribution is 9.10. The molecule has 1 nitrogen and oxygen atoms in total. The number of aryl methyl sites for hydroxylation is 1. The van der Waals surface area contributed by atoms with Crippen molar-refractivity contribution in [3.63, 3.8) is 0 Å².